The second-order valence-corrected chi connectivity index (χ2v) is 17.5. The predicted octanol–water partition coefficient (Wildman–Crippen LogP) is 18.1. The molecule has 0 spiro atoms. The van der Waals surface area contributed by atoms with Gasteiger partial charge in [0.1, 0.15) is 13.2 Å². The molecule has 0 aromatic carbocycles. The molecule has 0 aliphatic rings. The molecule has 67 heavy (non-hydrogen) atoms. The zero-order chi connectivity index (χ0) is 48.6. The summed E-state index contributed by atoms with van der Waals surface area (Å²) in [5.41, 5.74) is 0. The smallest absolute Gasteiger partial charge is 0.306 e. The van der Waals surface area contributed by atoms with Crippen LogP contribution in [-0.4, -0.2) is 37.2 Å². The quantitative estimate of drug-likeness (QED) is 0.0199. The minimum atomic E-state index is -0.824. The second kappa shape index (κ2) is 54.4. The van der Waals surface area contributed by atoms with E-state index >= 15 is 0 Å². The fourth-order valence-corrected chi connectivity index (χ4v) is 6.98. The summed E-state index contributed by atoms with van der Waals surface area (Å²) < 4.78 is 16.7. The third kappa shape index (κ3) is 52.6. The van der Waals surface area contributed by atoms with E-state index in [4.69, 9.17) is 14.2 Å². The van der Waals surface area contributed by atoms with Crippen molar-refractivity contribution in [3.63, 3.8) is 0 Å². The Bertz CT molecular complexity index is 1440. The van der Waals surface area contributed by atoms with Crippen molar-refractivity contribution in [1.82, 2.24) is 0 Å². The number of hydrogen-bond acceptors (Lipinski definition) is 6. The highest BCUT2D eigenvalue weighted by molar-refractivity contribution is 5.71. The van der Waals surface area contributed by atoms with Gasteiger partial charge in [-0.05, 0) is 103 Å². The third-order valence-electron chi connectivity index (χ3n) is 11.0. The summed E-state index contributed by atoms with van der Waals surface area (Å²) in [7, 11) is 0. The Kier molecular flexibility index (Phi) is 51.0. The standard InChI is InChI=1S/C61H98O6/c1-4-7-10-13-16-19-22-25-28-30-33-36-39-42-45-48-51-54-60(63)66-57-58(56-65-59(62)53-50-47-44-41-38-35-32-27-24-21-18-15-12-9-6-3)67-61(64)55-52-49-46-43-40-37-34-31-29-26-23-20-17-14-11-8-5-2/h9,12,15,17-18,20-21,24-29,32-33,35-36,38,42,45,58H,4-8,10-11,13-14,16,19,22-23,30-31,34,37,39-41,43-44,46-57H2,1-3H3/b12-9-,18-15-,20-17-,24-21-,28-25-,29-26-,32-27-,36-33-,38-35-,45-42-. The molecule has 1 unspecified atom stereocenters. The van der Waals surface area contributed by atoms with Crippen molar-refractivity contribution >= 4 is 17.9 Å². The van der Waals surface area contributed by atoms with E-state index in [9.17, 15) is 14.4 Å². The second-order valence-electron chi connectivity index (χ2n) is 17.5. The molecule has 1 atom stereocenters. The molecule has 0 saturated carbocycles. The van der Waals surface area contributed by atoms with Gasteiger partial charge in [0.2, 0.25) is 0 Å². The van der Waals surface area contributed by atoms with Crippen LogP contribution in [0.5, 0.6) is 0 Å². The molecule has 0 amide bonds. The molecule has 0 heterocycles. The Hall–Kier alpha value is -4.19. The highest BCUT2D eigenvalue weighted by Gasteiger charge is 2.19. The molecule has 6 nitrogen and oxygen atoms in total. The summed E-state index contributed by atoms with van der Waals surface area (Å²) in [6, 6.07) is 0. The largest absolute Gasteiger partial charge is 0.462 e. The Labute approximate surface area is 412 Å². The normalized spacial score (nSPS) is 13.1. The average Bonchev–Trinajstić information content (AvgIpc) is 3.33. The number of hydrogen-bond donors (Lipinski definition) is 0. The van der Waals surface area contributed by atoms with Crippen molar-refractivity contribution in [1.29, 1.82) is 0 Å². The number of carbonyl (C=O) groups excluding carboxylic acids is 3. The monoisotopic (exact) mass is 927 g/mol. The van der Waals surface area contributed by atoms with Crippen LogP contribution in [-0.2, 0) is 28.6 Å². The van der Waals surface area contributed by atoms with Crippen LogP contribution in [0.2, 0.25) is 0 Å². The van der Waals surface area contributed by atoms with Crippen molar-refractivity contribution in [2.45, 2.75) is 232 Å². The molecule has 0 radical (unpaired) electrons. The number of rotatable bonds is 47. The van der Waals surface area contributed by atoms with Gasteiger partial charge in [0.05, 0.1) is 0 Å². The van der Waals surface area contributed by atoms with Crippen molar-refractivity contribution in [2.24, 2.45) is 0 Å². The molecular formula is C61H98O6. The Morgan fingerprint density at radius 2 is 0.657 bits per heavy atom. The van der Waals surface area contributed by atoms with Gasteiger partial charge in [0.25, 0.3) is 0 Å². The lowest BCUT2D eigenvalue weighted by molar-refractivity contribution is -0.167. The maximum Gasteiger partial charge on any atom is 0.306 e. The molecule has 0 saturated heterocycles. The minimum absolute atomic E-state index is 0.122. The summed E-state index contributed by atoms with van der Waals surface area (Å²) in [5, 5.41) is 0. The molecule has 0 N–H and O–H groups in total. The molecule has 0 rings (SSSR count). The maximum atomic E-state index is 12.8. The molecule has 0 aromatic heterocycles. The molecule has 0 aromatic rings. The summed E-state index contributed by atoms with van der Waals surface area (Å²) in [5.74, 6) is -1.03. The van der Waals surface area contributed by atoms with Crippen molar-refractivity contribution in [3.8, 4) is 0 Å². The molecule has 0 aliphatic carbocycles. The summed E-state index contributed by atoms with van der Waals surface area (Å²) >= 11 is 0. The topological polar surface area (TPSA) is 78.9 Å². The number of carbonyl (C=O) groups is 3. The van der Waals surface area contributed by atoms with Crippen LogP contribution in [0.25, 0.3) is 0 Å². The molecule has 0 fully saturated rings. The lowest BCUT2D eigenvalue weighted by atomic mass is 10.1. The van der Waals surface area contributed by atoms with E-state index < -0.39 is 6.10 Å². The Balaban J connectivity index is 4.57. The average molecular weight is 927 g/mol. The zero-order valence-corrected chi connectivity index (χ0v) is 43.1. The van der Waals surface area contributed by atoms with Gasteiger partial charge < -0.3 is 14.2 Å². The van der Waals surface area contributed by atoms with Gasteiger partial charge in [-0.25, -0.2) is 0 Å². The molecule has 0 bridgehead atoms. The molecular weight excluding hydrogens is 829 g/mol. The van der Waals surface area contributed by atoms with Gasteiger partial charge in [0.15, 0.2) is 6.10 Å². The van der Waals surface area contributed by atoms with E-state index in [1.54, 1.807) is 0 Å². The van der Waals surface area contributed by atoms with E-state index in [-0.39, 0.29) is 37.5 Å². The fourth-order valence-electron chi connectivity index (χ4n) is 6.98. The number of esters is 3. The Morgan fingerprint density at radius 3 is 1.15 bits per heavy atom. The first-order chi connectivity index (χ1) is 33.0. The summed E-state index contributed by atoms with van der Waals surface area (Å²) in [6.45, 7) is 6.36. The molecule has 6 heteroatoms. The fraction of sp³-hybridized carbons (Fsp3) is 0.623. The highest BCUT2D eigenvalue weighted by Crippen LogP contribution is 2.13. The summed E-state index contributed by atoms with van der Waals surface area (Å²) in [4.78, 5) is 38.1. The van der Waals surface area contributed by atoms with E-state index in [1.165, 1.54) is 96.3 Å². The van der Waals surface area contributed by atoms with Crippen LogP contribution in [0.4, 0.5) is 0 Å². The minimum Gasteiger partial charge on any atom is -0.462 e. The van der Waals surface area contributed by atoms with Crippen LogP contribution < -0.4 is 0 Å². The highest BCUT2D eigenvalue weighted by atomic mass is 16.6. The van der Waals surface area contributed by atoms with E-state index in [0.29, 0.717) is 19.3 Å². The van der Waals surface area contributed by atoms with Gasteiger partial charge in [-0.1, -0.05) is 226 Å². The van der Waals surface area contributed by atoms with Gasteiger partial charge in [-0.15, -0.1) is 0 Å². The first kappa shape index (κ1) is 62.8. The Morgan fingerprint density at radius 1 is 0.328 bits per heavy atom. The van der Waals surface area contributed by atoms with E-state index in [1.807, 2.05) is 48.6 Å². The number of ether oxygens (including phenoxy) is 3. The van der Waals surface area contributed by atoms with Crippen LogP contribution >= 0.6 is 0 Å². The number of allylic oxidation sites excluding steroid dienone is 20. The lowest BCUT2D eigenvalue weighted by Gasteiger charge is -2.18. The van der Waals surface area contributed by atoms with Crippen LogP contribution in [0.15, 0.2) is 122 Å². The first-order valence-corrected chi connectivity index (χ1v) is 27.1. The number of unbranched alkanes of at least 4 members (excludes halogenated alkanes) is 20. The molecule has 0 aliphatic heterocycles. The lowest BCUT2D eigenvalue weighted by Crippen LogP contribution is -2.30. The van der Waals surface area contributed by atoms with Gasteiger partial charge >= 0.3 is 17.9 Å². The zero-order valence-electron chi connectivity index (χ0n) is 43.1. The predicted molar refractivity (Wildman–Crippen MR) is 288 cm³/mol. The first-order valence-electron chi connectivity index (χ1n) is 27.1. The van der Waals surface area contributed by atoms with E-state index in [0.717, 1.165) is 83.5 Å². The van der Waals surface area contributed by atoms with Crippen LogP contribution in [0.1, 0.15) is 226 Å². The van der Waals surface area contributed by atoms with E-state index in [2.05, 4.69) is 93.7 Å². The van der Waals surface area contributed by atoms with Gasteiger partial charge in [-0.3, -0.25) is 14.4 Å². The van der Waals surface area contributed by atoms with Crippen LogP contribution in [0.3, 0.4) is 0 Å². The van der Waals surface area contributed by atoms with Crippen LogP contribution in [0, 0.1) is 0 Å². The summed E-state index contributed by atoms with van der Waals surface area (Å²) in [6.07, 6.45) is 74.7. The van der Waals surface area contributed by atoms with Crippen molar-refractivity contribution in [3.05, 3.63) is 122 Å². The van der Waals surface area contributed by atoms with Gasteiger partial charge in [0, 0.05) is 19.3 Å². The maximum absolute atomic E-state index is 12.8. The molecule has 378 valence electrons. The SMILES string of the molecule is CC\C=C/C=C\C=C/C=C\C=C/CCCCCC(=O)OCC(COC(=O)CCC/C=C\C/C=C\C/C=C\CCCCCCCC)OC(=O)CCCCCCCCC/C=C\C/C=C\CCCCC. The third-order valence-corrected chi connectivity index (χ3v) is 11.0. The van der Waals surface area contributed by atoms with Crippen molar-refractivity contribution < 1.29 is 28.6 Å². The van der Waals surface area contributed by atoms with Gasteiger partial charge in [-0.2, -0.15) is 0 Å². The van der Waals surface area contributed by atoms with Crippen molar-refractivity contribution in [2.75, 3.05) is 13.2 Å².